The van der Waals surface area contributed by atoms with E-state index in [1.54, 1.807) is 17.4 Å². The molecule has 2 N–H and O–H groups in total. The van der Waals surface area contributed by atoms with Crippen molar-refractivity contribution >= 4 is 73.7 Å². The summed E-state index contributed by atoms with van der Waals surface area (Å²) in [5.74, 6) is -0.860. The zero-order valence-electron chi connectivity index (χ0n) is 23.7. The molecule has 4 aliphatic heterocycles. The number of carboxylic acids is 1. The molecule has 1 amide bonds. The standard InChI is InChI=1S/C30H34Cl2N6O3S2/c31-19-12-24(42-16-19)25-28(38-15-21-5-6-22(38)14-37(21)20-3-1-2-4-20)43-30(34-25)35-27(39)18-11-23(32)26(33-13-18)36-9-7-17(8-10-36)29(40)41/h11-13,16-17,20-22H,1-10,14-15H2,(H,40,41)(H,34,35,39). The smallest absolute Gasteiger partial charge is 0.306 e. The van der Waals surface area contributed by atoms with Gasteiger partial charge in [0, 0.05) is 55.9 Å². The predicted molar refractivity (Wildman–Crippen MR) is 173 cm³/mol. The molecule has 2 atom stereocenters. The first-order valence-electron chi connectivity index (χ1n) is 15.1. The van der Waals surface area contributed by atoms with Crippen LogP contribution >= 0.6 is 45.9 Å². The monoisotopic (exact) mass is 660 g/mol. The Hall–Kier alpha value is -2.44. The van der Waals surface area contributed by atoms with E-state index in [9.17, 15) is 14.7 Å². The minimum Gasteiger partial charge on any atom is -0.481 e. The van der Waals surface area contributed by atoms with Gasteiger partial charge < -0.3 is 14.9 Å². The minimum atomic E-state index is -0.764. The summed E-state index contributed by atoms with van der Waals surface area (Å²) in [5.41, 5.74) is 1.21. The van der Waals surface area contributed by atoms with E-state index in [0.29, 0.717) is 64.6 Å². The number of carbonyl (C=O) groups is 2. The molecule has 2 unspecified atom stereocenters. The Balaban J connectivity index is 1.10. The van der Waals surface area contributed by atoms with Crippen molar-refractivity contribution in [1.29, 1.82) is 0 Å². The number of piperidine rings is 3. The van der Waals surface area contributed by atoms with E-state index in [1.807, 2.05) is 16.3 Å². The molecule has 3 aromatic rings. The second-order valence-electron chi connectivity index (χ2n) is 12.1. The number of nitrogens with zero attached hydrogens (tertiary/aromatic N) is 5. The van der Waals surface area contributed by atoms with Gasteiger partial charge in [-0.05, 0) is 50.7 Å². The summed E-state index contributed by atoms with van der Waals surface area (Å²) in [7, 11) is 0. The Morgan fingerprint density at radius 3 is 2.40 bits per heavy atom. The highest BCUT2D eigenvalue weighted by molar-refractivity contribution is 7.21. The van der Waals surface area contributed by atoms with E-state index in [1.165, 1.54) is 56.1 Å². The van der Waals surface area contributed by atoms with Crippen LogP contribution in [0.1, 0.15) is 61.7 Å². The second kappa shape index (κ2) is 12.2. The van der Waals surface area contributed by atoms with E-state index in [-0.39, 0.29) is 11.8 Å². The summed E-state index contributed by atoms with van der Waals surface area (Å²) in [4.78, 5) is 42.4. The first-order valence-corrected chi connectivity index (χ1v) is 17.5. The highest BCUT2D eigenvalue weighted by Crippen LogP contribution is 2.46. The molecule has 5 aliphatic rings. The topological polar surface area (TPSA) is 102 Å². The van der Waals surface area contributed by atoms with Gasteiger partial charge in [-0.2, -0.15) is 0 Å². The van der Waals surface area contributed by atoms with E-state index >= 15 is 0 Å². The van der Waals surface area contributed by atoms with E-state index < -0.39 is 5.97 Å². The molecule has 4 saturated heterocycles. The van der Waals surface area contributed by atoms with Crippen molar-refractivity contribution < 1.29 is 14.7 Å². The lowest BCUT2D eigenvalue weighted by molar-refractivity contribution is -0.142. The zero-order valence-corrected chi connectivity index (χ0v) is 26.8. The Kier molecular flexibility index (Phi) is 8.28. The zero-order chi connectivity index (χ0) is 29.7. The van der Waals surface area contributed by atoms with Crippen molar-refractivity contribution in [2.24, 2.45) is 5.92 Å². The summed E-state index contributed by atoms with van der Waals surface area (Å²) < 4.78 is 0. The molecule has 1 aliphatic carbocycles. The minimum absolute atomic E-state index is 0.325. The third kappa shape index (κ3) is 5.86. The lowest BCUT2D eigenvalue weighted by Gasteiger charge is -2.54. The molecule has 8 rings (SSSR count). The normalized spacial score (nSPS) is 23.3. The summed E-state index contributed by atoms with van der Waals surface area (Å²) in [6, 6.07) is 5.28. The van der Waals surface area contributed by atoms with Crippen molar-refractivity contribution in [2.45, 2.75) is 69.5 Å². The van der Waals surface area contributed by atoms with Crippen molar-refractivity contribution in [2.75, 3.05) is 41.3 Å². The average Bonchev–Trinajstić information content (AvgIpc) is 3.79. The maximum absolute atomic E-state index is 13.4. The summed E-state index contributed by atoms with van der Waals surface area (Å²) in [6.07, 6.45) is 10.3. The largest absolute Gasteiger partial charge is 0.481 e. The van der Waals surface area contributed by atoms with Crippen molar-refractivity contribution in [3.63, 3.8) is 0 Å². The van der Waals surface area contributed by atoms with Gasteiger partial charge in [-0.25, -0.2) is 9.97 Å². The van der Waals surface area contributed by atoms with Crippen LogP contribution < -0.4 is 15.1 Å². The highest BCUT2D eigenvalue weighted by atomic mass is 35.5. The van der Waals surface area contributed by atoms with Crippen LogP contribution in [0.15, 0.2) is 23.7 Å². The molecule has 9 nitrogen and oxygen atoms in total. The molecule has 228 valence electrons. The van der Waals surface area contributed by atoms with Gasteiger partial charge >= 0.3 is 5.97 Å². The maximum Gasteiger partial charge on any atom is 0.306 e. The number of carboxylic acid groups (broad SMARTS) is 1. The van der Waals surface area contributed by atoms with Crippen LogP contribution in [0.2, 0.25) is 10.0 Å². The number of fused-ring (bicyclic) bond motifs is 3. The fourth-order valence-corrected chi connectivity index (χ4v) is 9.72. The van der Waals surface area contributed by atoms with Crippen LogP contribution in [0, 0.1) is 5.92 Å². The third-order valence-electron chi connectivity index (χ3n) is 9.48. The molecule has 2 bridgehead atoms. The van der Waals surface area contributed by atoms with Crippen molar-refractivity contribution in [1.82, 2.24) is 14.9 Å². The number of amides is 1. The predicted octanol–water partition coefficient (Wildman–Crippen LogP) is 6.72. The summed E-state index contributed by atoms with van der Waals surface area (Å²) >= 11 is 16.0. The van der Waals surface area contributed by atoms with Crippen LogP contribution in [0.25, 0.3) is 10.6 Å². The van der Waals surface area contributed by atoms with Gasteiger partial charge in [-0.15, -0.1) is 11.3 Å². The molecule has 1 saturated carbocycles. The first kappa shape index (κ1) is 29.3. The highest BCUT2D eigenvalue weighted by Gasteiger charge is 2.43. The van der Waals surface area contributed by atoms with Gasteiger partial charge in [0.1, 0.15) is 16.5 Å². The number of halogens is 2. The van der Waals surface area contributed by atoms with Crippen molar-refractivity contribution in [3.8, 4) is 10.6 Å². The lowest BCUT2D eigenvalue weighted by Crippen LogP contribution is -2.64. The van der Waals surface area contributed by atoms with Gasteiger partial charge in [0.25, 0.3) is 5.91 Å². The molecule has 5 fully saturated rings. The van der Waals surface area contributed by atoms with E-state index in [0.717, 1.165) is 34.7 Å². The number of thiazole rings is 1. The number of aromatic nitrogens is 2. The van der Waals surface area contributed by atoms with Crippen LogP contribution in [0.4, 0.5) is 16.0 Å². The number of nitrogens with one attached hydrogen (secondary N) is 1. The third-order valence-corrected chi connectivity index (χ3v) is 12.1. The van der Waals surface area contributed by atoms with Crippen molar-refractivity contribution in [3.05, 3.63) is 39.3 Å². The number of thiophene rings is 1. The molecule has 13 heteroatoms. The molecule has 3 aromatic heterocycles. The number of anilines is 3. The number of rotatable bonds is 7. The van der Waals surface area contributed by atoms with Crippen LogP contribution in [-0.2, 0) is 4.79 Å². The fourth-order valence-electron chi connectivity index (χ4n) is 7.25. The lowest BCUT2D eigenvalue weighted by atomic mass is 9.89. The number of pyridine rings is 1. The first-order chi connectivity index (χ1) is 20.8. The molecule has 0 radical (unpaired) electrons. The van der Waals surface area contributed by atoms with Crippen LogP contribution in [0.3, 0.4) is 0 Å². The number of piperazine rings is 1. The molecule has 0 aromatic carbocycles. The van der Waals surface area contributed by atoms with Crippen LogP contribution in [0.5, 0.6) is 0 Å². The van der Waals surface area contributed by atoms with Gasteiger partial charge in [0.2, 0.25) is 0 Å². The van der Waals surface area contributed by atoms with Crippen LogP contribution in [-0.4, -0.2) is 76.2 Å². The maximum atomic E-state index is 13.4. The Bertz CT molecular complexity index is 1520. The number of carbonyl (C=O) groups excluding carboxylic acids is 1. The molecular weight excluding hydrogens is 627 g/mol. The SMILES string of the molecule is O=C(Nc1nc(-c2cc(Cl)cs2)c(N2CC3CCC2CN3C2CCCC2)s1)c1cnc(N2CCC(C(=O)O)CC2)c(Cl)c1. The summed E-state index contributed by atoms with van der Waals surface area (Å²) in [6.45, 7) is 3.18. The van der Waals surface area contributed by atoms with Gasteiger partial charge in [-0.1, -0.05) is 47.4 Å². The number of hydrogen-bond donors (Lipinski definition) is 2. The second-order valence-corrected chi connectivity index (χ2v) is 14.8. The molecular formula is C30H34Cl2N6O3S2. The number of aliphatic carboxylic acids is 1. The average molecular weight is 662 g/mol. The Morgan fingerprint density at radius 1 is 0.977 bits per heavy atom. The van der Waals surface area contributed by atoms with E-state index in [4.69, 9.17) is 28.2 Å². The molecule has 43 heavy (non-hydrogen) atoms. The Labute approximate surface area is 268 Å². The molecule has 0 spiro atoms. The van der Waals surface area contributed by atoms with E-state index in [2.05, 4.69) is 20.1 Å². The Morgan fingerprint density at radius 2 is 1.74 bits per heavy atom. The number of hydrogen-bond acceptors (Lipinski definition) is 9. The van der Waals surface area contributed by atoms with Gasteiger partial charge in [0.15, 0.2) is 5.13 Å². The van der Waals surface area contributed by atoms with Gasteiger partial charge in [-0.3, -0.25) is 19.8 Å². The quantitative estimate of drug-likeness (QED) is 0.288. The summed E-state index contributed by atoms with van der Waals surface area (Å²) in [5, 5.41) is 16.9. The fraction of sp³-hybridized carbons (Fsp3) is 0.533. The van der Waals surface area contributed by atoms with Gasteiger partial charge in [0.05, 0.1) is 26.4 Å². The molecule has 7 heterocycles.